The second-order valence-electron chi connectivity index (χ2n) is 10.1. The van der Waals surface area contributed by atoms with Crippen molar-refractivity contribution in [1.29, 1.82) is 0 Å². The molecule has 4 fully saturated rings. The molecule has 0 aliphatic heterocycles. The van der Waals surface area contributed by atoms with E-state index in [0.717, 1.165) is 41.9 Å². The predicted octanol–water partition coefficient (Wildman–Crippen LogP) is 6.54. The molecule has 0 heterocycles. The molecule has 2 nitrogen and oxygen atoms in total. The van der Waals surface area contributed by atoms with Gasteiger partial charge in [-0.25, -0.2) is 0 Å². The number of rotatable bonds is 1. The van der Waals surface area contributed by atoms with E-state index in [2.05, 4.69) is 20.8 Å². The van der Waals surface area contributed by atoms with E-state index >= 15 is 0 Å². The van der Waals surface area contributed by atoms with Gasteiger partial charge in [-0.1, -0.05) is 40.0 Å². The standard InChI is InChI=1S/C21H36.C2H4O2/c1-4-15-9-11-18-17-10-8-16-7-5-6-13-20(16,2)19(17)12-14-21(15,18)3;1-2(3)4/h15-19H,4-14H2,1-3H3;1H3,(H,3,4)/t15-,16-,17-,18-,19-,20-,21+;/m0./s1. The van der Waals surface area contributed by atoms with Gasteiger partial charge in [0.15, 0.2) is 0 Å². The van der Waals surface area contributed by atoms with Crippen molar-refractivity contribution < 1.29 is 9.90 Å². The summed E-state index contributed by atoms with van der Waals surface area (Å²) < 4.78 is 0. The van der Waals surface area contributed by atoms with Gasteiger partial charge < -0.3 is 5.11 Å². The SMILES string of the molecule is CC(=O)O.CC[C@H]1CC[C@H]2[C@@H]3CC[C@@H]4CCCC[C@]4(C)[C@H]3CC[C@]12C. The summed E-state index contributed by atoms with van der Waals surface area (Å²) >= 11 is 0. The molecule has 0 aromatic rings. The van der Waals surface area contributed by atoms with Crippen LogP contribution in [0, 0.1) is 40.4 Å². The van der Waals surface area contributed by atoms with Crippen molar-refractivity contribution in [1.82, 2.24) is 0 Å². The van der Waals surface area contributed by atoms with Crippen LogP contribution in [0.25, 0.3) is 0 Å². The minimum absolute atomic E-state index is 0.716. The third-order valence-electron chi connectivity index (χ3n) is 9.27. The minimum Gasteiger partial charge on any atom is -0.481 e. The van der Waals surface area contributed by atoms with Gasteiger partial charge in [-0.15, -0.1) is 0 Å². The fraction of sp³-hybridized carbons (Fsp3) is 0.957. The molecule has 0 aromatic carbocycles. The van der Waals surface area contributed by atoms with E-state index in [9.17, 15) is 0 Å². The minimum atomic E-state index is -0.833. The molecule has 7 atom stereocenters. The average Bonchev–Trinajstić information content (AvgIpc) is 2.90. The van der Waals surface area contributed by atoms with Crippen molar-refractivity contribution in [2.45, 2.75) is 98.3 Å². The van der Waals surface area contributed by atoms with Crippen molar-refractivity contribution in [2.75, 3.05) is 0 Å². The third kappa shape index (κ3) is 3.28. The maximum Gasteiger partial charge on any atom is 0.300 e. The van der Waals surface area contributed by atoms with Gasteiger partial charge in [-0.05, 0) is 91.8 Å². The Balaban J connectivity index is 0.000000415. The third-order valence-corrected chi connectivity index (χ3v) is 9.27. The highest BCUT2D eigenvalue weighted by Crippen LogP contribution is 2.67. The molecule has 0 radical (unpaired) electrons. The van der Waals surface area contributed by atoms with Crippen LogP contribution in [0.1, 0.15) is 98.3 Å². The Labute approximate surface area is 155 Å². The van der Waals surface area contributed by atoms with E-state index in [1.54, 1.807) is 51.4 Å². The number of carboxylic acids is 1. The lowest BCUT2D eigenvalue weighted by Gasteiger charge is -2.60. The smallest absolute Gasteiger partial charge is 0.300 e. The van der Waals surface area contributed by atoms with E-state index in [1.165, 1.54) is 19.3 Å². The number of carboxylic acid groups (broad SMARTS) is 1. The number of hydrogen-bond donors (Lipinski definition) is 1. The Hall–Kier alpha value is -0.530. The summed E-state index contributed by atoms with van der Waals surface area (Å²) in [7, 11) is 0. The molecule has 0 amide bonds. The summed E-state index contributed by atoms with van der Waals surface area (Å²) in [5.74, 6) is 4.56. The highest BCUT2D eigenvalue weighted by molar-refractivity contribution is 5.62. The zero-order valence-electron chi connectivity index (χ0n) is 17.0. The van der Waals surface area contributed by atoms with Crippen molar-refractivity contribution in [3.63, 3.8) is 0 Å². The largest absolute Gasteiger partial charge is 0.481 e. The van der Waals surface area contributed by atoms with Crippen molar-refractivity contribution in [3.05, 3.63) is 0 Å². The lowest BCUT2D eigenvalue weighted by atomic mass is 9.45. The molecule has 144 valence electrons. The van der Waals surface area contributed by atoms with E-state index in [4.69, 9.17) is 9.90 Å². The van der Waals surface area contributed by atoms with Crippen LogP contribution in [0.2, 0.25) is 0 Å². The number of fused-ring (bicyclic) bond motifs is 5. The molecular formula is C23H40O2. The molecule has 0 aromatic heterocycles. The highest BCUT2D eigenvalue weighted by atomic mass is 16.4. The van der Waals surface area contributed by atoms with Gasteiger partial charge in [0.05, 0.1) is 0 Å². The van der Waals surface area contributed by atoms with Gasteiger partial charge in [0.2, 0.25) is 0 Å². The summed E-state index contributed by atoms with van der Waals surface area (Å²) in [6.07, 6.45) is 17.0. The van der Waals surface area contributed by atoms with E-state index in [0.29, 0.717) is 5.41 Å². The lowest BCUT2D eigenvalue weighted by Crippen LogP contribution is -2.52. The Kier molecular flexibility index (Phi) is 5.57. The van der Waals surface area contributed by atoms with Gasteiger partial charge in [-0.3, -0.25) is 4.79 Å². The summed E-state index contributed by atoms with van der Waals surface area (Å²) in [5.41, 5.74) is 1.45. The monoisotopic (exact) mass is 348 g/mol. The van der Waals surface area contributed by atoms with Gasteiger partial charge in [0.1, 0.15) is 0 Å². The van der Waals surface area contributed by atoms with E-state index in [-0.39, 0.29) is 0 Å². The van der Waals surface area contributed by atoms with Gasteiger partial charge in [0, 0.05) is 6.92 Å². The number of carbonyl (C=O) groups is 1. The molecule has 1 N–H and O–H groups in total. The van der Waals surface area contributed by atoms with Crippen LogP contribution < -0.4 is 0 Å². The Morgan fingerprint density at radius 1 is 0.920 bits per heavy atom. The zero-order valence-corrected chi connectivity index (χ0v) is 17.0. The molecule has 4 saturated carbocycles. The fourth-order valence-corrected chi connectivity index (χ4v) is 8.07. The molecular weight excluding hydrogens is 308 g/mol. The summed E-state index contributed by atoms with van der Waals surface area (Å²) in [5, 5.41) is 7.42. The van der Waals surface area contributed by atoms with Crippen molar-refractivity contribution in [3.8, 4) is 0 Å². The van der Waals surface area contributed by atoms with Gasteiger partial charge in [0.25, 0.3) is 5.97 Å². The van der Waals surface area contributed by atoms with E-state index < -0.39 is 5.97 Å². The maximum atomic E-state index is 9.00. The quantitative estimate of drug-likeness (QED) is 0.584. The van der Waals surface area contributed by atoms with Crippen LogP contribution in [0.5, 0.6) is 0 Å². The molecule has 0 bridgehead atoms. The number of hydrogen-bond acceptors (Lipinski definition) is 1. The normalized spacial score (nSPS) is 48.4. The first kappa shape index (κ1) is 19.2. The van der Waals surface area contributed by atoms with Crippen molar-refractivity contribution >= 4 is 5.97 Å². The molecule has 4 aliphatic rings. The van der Waals surface area contributed by atoms with Crippen LogP contribution in [0.3, 0.4) is 0 Å². The maximum absolute atomic E-state index is 9.00. The highest BCUT2D eigenvalue weighted by Gasteiger charge is 2.59. The Morgan fingerprint density at radius 2 is 1.60 bits per heavy atom. The molecule has 0 saturated heterocycles. The van der Waals surface area contributed by atoms with Crippen molar-refractivity contribution in [2.24, 2.45) is 40.4 Å². The predicted molar refractivity (Wildman–Crippen MR) is 103 cm³/mol. The average molecular weight is 349 g/mol. The van der Waals surface area contributed by atoms with E-state index in [1.807, 2.05) is 0 Å². The first-order valence-corrected chi connectivity index (χ1v) is 11.0. The van der Waals surface area contributed by atoms with Crippen LogP contribution in [0.4, 0.5) is 0 Å². The van der Waals surface area contributed by atoms with Crippen LogP contribution in [-0.2, 0) is 4.79 Å². The van der Waals surface area contributed by atoms with Crippen LogP contribution in [-0.4, -0.2) is 11.1 Å². The molecule has 4 rings (SSSR count). The second-order valence-corrected chi connectivity index (χ2v) is 10.1. The van der Waals surface area contributed by atoms with Crippen LogP contribution in [0.15, 0.2) is 0 Å². The molecule has 0 spiro atoms. The summed E-state index contributed by atoms with van der Waals surface area (Å²) in [6.45, 7) is 8.93. The zero-order chi connectivity index (χ0) is 18.2. The molecule has 25 heavy (non-hydrogen) atoms. The van der Waals surface area contributed by atoms with Gasteiger partial charge >= 0.3 is 0 Å². The van der Waals surface area contributed by atoms with Gasteiger partial charge in [-0.2, -0.15) is 0 Å². The topological polar surface area (TPSA) is 37.3 Å². The summed E-state index contributed by atoms with van der Waals surface area (Å²) in [4.78, 5) is 9.00. The Morgan fingerprint density at radius 3 is 2.28 bits per heavy atom. The fourth-order valence-electron chi connectivity index (χ4n) is 8.07. The molecule has 2 heteroatoms. The lowest BCUT2D eigenvalue weighted by molar-refractivity contribution is -0.134. The summed E-state index contributed by atoms with van der Waals surface area (Å²) in [6, 6.07) is 0. The molecule has 0 unspecified atom stereocenters. The second kappa shape index (κ2) is 7.24. The Bertz CT molecular complexity index is 482. The number of aliphatic carboxylic acids is 1. The first-order valence-electron chi connectivity index (χ1n) is 11.0. The molecule has 4 aliphatic carbocycles. The van der Waals surface area contributed by atoms with Crippen LogP contribution >= 0.6 is 0 Å². The first-order chi connectivity index (χ1) is 11.8.